The van der Waals surface area contributed by atoms with E-state index in [9.17, 15) is 5.11 Å². The zero-order chi connectivity index (χ0) is 8.84. The molecule has 0 radical (unpaired) electrons. The lowest BCUT2D eigenvalue weighted by molar-refractivity contribution is 0.457. The number of aromatic nitrogens is 2. The average molecular weight is 192 g/mol. The molecule has 0 unspecified atom stereocenters. The third-order valence-corrected chi connectivity index (χ3v) is 3.15. The van der Waals surface area contributed by atoms with Gasteiger partial charge in [0.1, 0.15) is 10.5 Å². The molecule has 1 fully saturated rings. The summed E-state index contributed by atoms with van der Waals surface area (Å²) in [6, 6.07) is 1.92. The molecule has 1 aliphatic carbocycles. The van der Waals surface area contributed by atoms with Gasteiger partial charge < -0.3 is 5.11 Å². The molecular formula is C9H8N2OS. The highest BCUT2D eigenvalue weighted by Crippen LogP contribution is 2.40. The third-order valence-electron chi connectivity index (χ3n) is 2.25. The molecule has 1 saturated carbocycles. The highest BCUT2D eigenvalue weighted by atomic mass is 32.1. The van der Waals surface area contributed by atoms with Crippen LogP contribution in [0.25, 0.3) is 10.2 Å². The van der Waals surface area contributed by atoms with Gasteiger partial charge in [-0.15, -0.1) is 11.3 Å². The summed E-state index contributed by atoms with van der Waals surface area (Å²) in [5.74, 6) is 1.44. The molecule has 2 heterocycles. The quantitative estimate of drug-likeness (QED) is 0.753. The van der Waals surface area contributed by atoms with Gasteiger partial charge in [-0.3, -0.25) is 0 Å². The van der Waals surface area contributed by atoms with E-state index in [0.29, 0.717) is 5.92 Å². The van der Waals surface area contributed by atoms with Gasteiger partial charge in [0, 0.05) is 5.92 Å². The molecule has 2 aromatic rings. The van der Waals surface area contributed by atoms with Crippen molar-refractivity contribution in [1.82, 2.24) is 9.97 Å². The Morgan fingerprint density at radius 1 is 1.38 bits per heavy atom. The summed E-state index contributed by atoms with van der Waals surface area (Å²) in [5.41, 5.74) is 0.874. The summed E-state index contributed by atoms with van der Waals surface area (Å²) >= 11 is 1.48. The predicted octanol–water partition coefficient (Wildman–Crippen LogP) is 2.27. The van der Waals surface area contributed by atoms with E-state index in [-0.39, 0.29) is 5.88 Å². The van der Waals surface area contributed by atoms with Crippen LogP contribution in [-0.4, -0.2) is 15.1 Å². The summed E-state index contributed by atoms with van der Waals surface area (Å²) in [6.07, 6.45) is 2.32. The van der Waals surface area contributed by atoms with E-state index in [4.69, 9.17) is 0 Å². The monoisotopic (exact) mass is 192 g/mol. The number of thiophene rings is 1. The molecule has 0 spiro atoms. The summed E-state index contributed by atoms with van der Waals surface area (Å²) in [6.45, 7) is 0. The summed E-state index contributed by atoms with van der Waals surface area (Å²) in [4.78, 5) is 8.49. The second-order valence-corrected chi connectivity index (χ2v) is 4.23. The van der Waals surface area contributed by atoms with Gasteiger partial charge in [-0.05, 0) is 24.3 Å². The summed E-state index contributed by atoms with van der Waals surface area (Å²) in [5, 5.41) is 11.5. The van der Waals surface area contributed by atoms with Gasteiger partial charge in [-0.2, -0.15) is 4.98 Å². The van der Waals surface area contributed by atoms with Crippen LogP contribution >= 0.6 is 11.3 Å². The Labute approximate surface area is 79.1 Å². The van der Waals surface area contributed by atoms with E-state index in [0.717, 1.165) is 28.9 Å². The molecule has 0 aromatic carbocycles. The molecule has 0 atom stereocenters. The Kier molecular flexibility index (Phi) is 1.35. The van der Waals surface area contributed by atoms with Crippen molar-refractivity contribution in [2.75, 3.05) is 0 Å². The van der Waals surface area contributed by atoms with Crippen LogP contribution in [0.1, 0.15) is 24.6 Å². The average Bonchev–Trinajstić information content (AvgIpc) is 2.85. The second-order valence-electron chi connectivity index (χ2n) is 3.31. The first-order valence-corrected chi connectivity index (χ1v) is 5.16. The van der Waals surface area contributed by atoms with Crippen molar-refractivity contribution in [3.63, 3.8) is 0 Å². The Morgan fingerprint density at radius 2 is 2.23 bits per heavy atom. The molecule has 1 aliphatic rings. The van der Waals surface area contributed by atoms with Gasteiger partial charge in [0.05, 0.1) is 5.52 Å². The molecule has 4 heteroatoms. The molecule has 1 N–H and O–H groups in total. The van der Waals surface area contributed by atoms with E-state index in [1.165, 1.54) is 11.3 Å². The second kappa shape index (κ2) is 2.42. The van der Waals surface area contributed by atoms with Gasteiger partial charge in [0.15, 0.2) is 0 Å². The fourth-order valence-electron chi connectivity index (χ4n) is 1.39. The normalized spacial score (nSPS) is 16.6. The van der Waals surface area contributed by atoms with Crippen molar-refractivity contribution in [2.24, 2.45) is 0 Å². The fourth-order valence-corrected chi connectivity index (χ4v) is 2.11. The maximum Gasteiger partial charge on any atom is 0.232 e. The zero-order valence-electron chi connectivity index (χ0n) is 6.90. The van der Waals surface area contributed by atoms with E-state index < -0.39 is 0 Å². The molecule has 66 valence electrons. The minimum Gasteiger partial charge on any atom is -0.492 e. The number of aromatic hydroxyl groups is 1. The minimum absolute atomic E-state index is 0.141. The Bertz CT molecular complexity index is 462. The van der Waals surface area contributed by atoms with Gasteiger partial charge in [-0.25, -0.2) is 4.98 Å². The lowest BCUT2D eigenvalue weighted by Crippen LogP contribution is -1.91. The van der Waals surface area contributed by atoms with Crippen LogP contribution in [0.4, 0.5) is 0 Å². The standard InChI is InChI=1S/C9H8N2OS/c12-9-7-6(3-4-13-7)10-8(11-9)5-1-2-5/h3-5H,1-2H2,(H,10,11,12). The zero-order valence-corrected chi connectivity index (χ0v) is 7.71. The predicted molar refractivity (Wildman–Crippen MR) is 51.1 cm³/mol. The highest BCUT2D eigenvalue weighted by Gasteiger charge is 2.27. The lowest BCUT2D eigenvalue weighted by atomic mass is 10.3. The number of nitrogens with zero attached hydrogens (tertiary/aromatic N) is 2. The number of hydrogen-bond acceptors (Lipinski definition) is 4. The smallest absolute Gasteiger partial charge is 0.232 e. The van der Waals surface area contributed by atoms with Crippen LogP contribution in [0.15, 0.2) is 11.4 Å². The van der Waals surface area contributed by atoms with Crippen molar-refractivity contribution in [1.29, 1.82) is 0 Å². The molecule has 0 aliphatic heterocycles. The van der Waals surface area contributed by atoms with Crippen LogP contribution in [-0.2, 0) is 0 Å². The highest BCUT2D eigenvalue weighted by molar-refractivity contribution is 7.17. The van der Waals surface area contributed by atoms with Crippen molar-refractivity contribution in [3.8, 4) is 5.88 Å². The first-order valence-electron chi connectivity index (χ1n) is 4.29. The molecule has 3 rings (SSSR count). The van der Waals surface area contributed by atoms with Gasteiger partial charge >= 0.3 is 0 Å². The van der Waals surface area contributed by atoms with Crippen molar-refractivity contribution < 1.29 is 5.11 Å². The minimum atomic E-state index is 0.141. The van der Waals surface area contributed by atoms with Crippen LogP contribution in [0.2, 0.25) is 0 Å². The van der Waals surface area contributed by atoms with Gasteiger partial charge in [0.25, 0.3) is 0 Å². The largest absolute Gasteiger partial charge is 0.492 e. The van der Waals surface area contributed by atoms with Crippen LogP contribution in [0, 0.1) is 0 Å². The van der Waals surface area contributed by atoms with Crippen molar-refractivity contribution >= 4 is 21.6 Å². The van der Waals surface area contributed by atoms with Crippen molar-refractivity contribution in [2.45, 2.75) is 18.8 Å². The molecule has 3 nitrogen and oxygen atoms in total. The van der Waals surface area contributed by atoms with Gasteiger partial charge in [-0.1, -0.05) is 0 Å². The number of hydrogen-bond donors (Lipinski definition) is 1. The number of fused-ring (bicyclic) bond motifs is 1. The third kappa shape index (κ3) is 1.09. The Morgan fingerprint density at radius 3 is 3.00 bits per heavy atom. The summed E-state index contributed by atoms with van der Waals surface area (Å²) < 4.78 is 0.796. The van der Waals surface area contributed by atoms with Crippen LogP contribution in [0.5, 0.6) is 5.88 Å². The molecule has 0 amide bonds. The Balaban J connectivity index is 2.27. The first kappa shape index (κ1) is 7.26. The van der Waals surface area contributed by atoms with Crippen molar-refractivity contribution in [3.05, 3.63) is 17.3 Å². The molecule has 0 saturated heterocycles. The Hall–Kier alpha value is -1.16. The number of rotatable bonds is 1. The van der Waals surface area contributed by atoms with Crippen LogP contribution < -0.4 is 0 Å². The van der Waals surface area contributed by atoms with Crippen LogP contribution in [0.3, 0.4) is 0 Å². The molecular weight excluding hydrogens is 184 g/mol. The molecule has 13 heavy (non-hydrogen) atoms. The maximum absolute atomic E-state index is 9.58. The van der Waals surface area contributed by atoms with Gasteiger partial charge in [0.2, 0.25) is 5.88 Å². The topological polar surface area (TPSA) is 46.0 Å². The van der Waals surface area contributed by atoms with E-state index >= 15 is 0 Å². The SMILES string of the molecule is Oc1nc(C2CC2)nc2ccsc12. The van der Waals surface area contributed by atoms with E-state index in [2.05, 4.69) is 9.97 Å². The molecule has 2 aromatic heterocycles. The van der Waals surface area contributed by atoms with E-state index in [1.54, 1.807) is 0 Å². The molecule has 0 bridgehead atoms. The lowest BCUT2D eigenvalue weighted by Gasteiger charge is -1.98. The van der Waals surface area contributed by atoms with E-state index in [1.807, 2.05) is 11.4 Å². The summed E-state index contributed by atoms with van der Waals surface area (Å²) in [7, 11) is 0. The maximum atomic E-state index is 9.58. The fraction of sp³-hybridized carbons (Fsp3) is 0.333. The first-order chi connectivity index (χ1) is 6.34.